The van der Waals surface area contributed by atoms with Crippen LogP contribution in [0.5, 0.6) is 0 Å². The van der Waals surface area contributed by atoms with Gasteiger partial charge in [-0.15, -0.1) is 0 Å². The molecule has 0 spiro atoms. The van der Waals surface area contributed by atoms with Crippen molar-refractivity contribution in [3.05, 3.63) is 0 Å². The van der Waals surface area contributed by atoms with Gasteiger partial charge in [0, 0.05) is 0 Å². The molecular formula is C13H24O6. The van der Waals surface area contributed by atoms with Crippen LogP contribution >= 0.6 is 0 Å². The highest BCUT2D eigenvalue weighted by molar-refractivity contribution is 5.71. The summed E-state index contributed by atoms with van der Waals surface area (Å²) in [5, 5.41) is 18.5. The summed E-state index contributed by atoms with van der Waals surface area (Å²) in [6, 6.07) is 0. The number of carbonyl (C=O) groups excluding carboxylic acids is 2. The van der Waals surface area contributed by atoms with Gasteiger partial charge in [-0.25, -0.2) is 0 Å². The molecule has 0 amide bonds. The van der Waals surface area contributed by atoms with Crippen LogP contribution in [-0.4, -0.2) is 47.1 Å². The molecule has 19 heavy (non-hydrogen) atoms. The molecule has 0 aliphatic carbocycles. The van der Waals surface area contributed by atoms with Crippen LogP contribution in [0.15, 0.2) is 0 Å². The first-order chi connectivity index (χ1) is 8.88. The van der Waals surface area contributed by atoms with E-state index < -0.39 is 30.3 Å². The third kappa shape index (κ3) is 9.44. The number of ether oxygens (including phenoxy) is 2. The minimum absolute atomic E-state index is 0.0524. The van der Waals surface area contributed by atoms with Gasteiger partial charge < -0.3 is 19.7 Å². The molecule has 0 aliphatic rings. The van der Waals surface area contributed by atoms with E-state index in [2.05, 4.69) is 0 Å². The summed E-state index contributed by atoms with van der Waals surface area (Å²) in [7, 11) is 0. The predicted molar refractivity (Wildman–Crippen MR) is 68.3 cm³/mol. The van der Waals surface area contributed by atoms with Crippen LogP contribution in [0.3, 0.4) is 0 Å². The van der Waals surface area contributed by atoms with Crippen molar-refractivity contribution in [2.45, 2.75) is 64.8 Å². The quantitative estimate of drug-likeness (QED) is 0.605. The maximum atomic E-state index is 11.3. The number of rotatable bonds is 9. The Hall–Kier alpha value is -1.14. The smallest absolute Gasteiger partial charge is 0.308 e. The normalized spacial score (nSPS) is 15.4. The maximum Gasteiger partial charge on any atom is 0.308 e. The summed E-state index contributed by atoms with van der Waals surface area (Å²) < 4.78 is 9.84. The van der Waals surface area contributed by atoms with E-state index >= 15 is 0 Å². The first-order valence-corrected chi connectivity index (χ1v) is 6.60. The van der Waals surface area contributed by atoms with Gasteiger partial charge in [0.25, 0.3) is 0 Å². The lowest BCUT2D eigenvalue weighted by Crippen LogP contribution is -2.25. The van der Waals surface area contributed by atoms with Crippen LogP contribution in [0.2, 0.25) is 0 Å². The average Bonchev–Trinajstić information content (AvgIpc) is 2.35. The van der Waals surface area contributed by atoms with E-state index in [9.17, 15) is 19.8 Å². The van der Waals surface area contributed by atoms with E-state index in [1.807, 2.05) is 0 Å². The second kappa shape index (κ2) is 9.75. The molecule has 0 aliphatic heterocycles. The summed E-state index contributed by atoms with van der Waals surface area (Å²) in [4.78, 5) is 22.6. The highest BCUT2D eigenvalue weighted by Gasteiger charge is 2.16. The molecule has 2 N–H and O–H groups in total. The van der Waals surface area contributed by atoms with Crippen molar-refractivity contribution in [2.24, 2.45) is 0 Å². The standard InChI is InChI=1S/C13H24O6/c1-4-10(14)6-12(16)18-8-9(3)19-13(17)7-11(15)5-2/h9-11,14-15H,4-8H2,1-3H3. The topological polar surface area (TPSA) is 93.1 Å². The highest BCUT2D eigenvalue weighted by Crippen LogP contribution is 2.04. The molecule has 0 heterocycles. The second-order valence-corrected chi connectivity index (χ2v) is 4.52. The van der Waals surface area contributed by atoms with Gasteiger partial charge in [0.1, 0.15) is 12.7 Å². The lowest BCUT2D eigenvalue weighted by Gasteiger charge is -2.15. The lowest BCUT2D eigenvalue weighted by atomic mass is 10.2. The molecule has 3 atom stereocenters. The Morgan fingerprint density at radius 2 is 1.47 bits per heavy atom. The van der Waals surface area contributed by atoms with Gasteiger partial charge in [0.2, 0.25) is 0 Å². The Bertz CT molecular complexity index is 278. The Morgan fingerprint density at radius 3 is 1.95 bits per heavy atom. The number of carbonyl (C=O) groups is 2. The molecule has 0 aromatic carbocycles. The first-order valence-electron chi connectivity index (χ1n) is 6.60. The number of aliphatic hydroxyl groups is 2. The number of esters is 2. The SMILES string of the molecule is CCC(O)CC(=O)OCC(C)OC(=O)CC(O)CC. The zero-order valence-electron chi connectivity index (χ0n) is 11.8. The van der Waals surface area contributed by atoms with Crippen molar-refractivity contribution in [2.75, 3.05) is 6.61 Å². The molecule has 6 heteroatoms. The molecule has 0 saturated heterocycles. The fraction of sp³-hybridized carbons (Fsp3) is 0.846. The predicted octanol–water partition coefficient (Wildman–Crippen LogP) is 0.783. The van der Waals surface area contributed by atoms with Gasteiger partial charge in [-0.1, -0.05) is 13.8 Å². The van der Waals surface area contributed by atoms with Crippen LogP contribution in [0.25, 0.3) is 0 Å². The number of hydrogen-bond acceptors (Lipinski definition) is 6. The van der Waals surface area contributed by atoms with E-state index in [-0.39, 0.29) is 19.4 Å². The van der Waals surface area contributed by atoms with Gasteiger partial charge in [0.15, 0.2) is 0 Å². The van der Waals surface area contributed by atoms with Crippen molar-refractivity contribution in [3.63, 3.8) is 0 Å². The van der Waals surface area contributed by atoms with Crippen molar-refractivity contribution in [3.8, 4) is 0 Å². The summed E-state index contributed by atoms with van der Waals surface area (Å²) in [6.07, 6.45) is -1.15. The summed E-state index contributed by atoms with van der Waals surface area (Å²) >= 11 is 0. The van der Waals surface area contributed by atoms with Crippen LogP contribution in [0.4, 0.5) is 0 Å². The molecule has 3 unspecified atom stereocenters. The van der Waals surface area contributed by atoms with Crippen molar-refractivity contribution in [1.29, 1.82) is 0 Å². The minimum atomic E-state index is -0.707. The van der Waals surface area contributed by atoms with Gasteiger partial charge in [0.05, 0.1) is 25.0 Å². The summed E-state index contributed by atoms with van der Waals surface area (Å²) in [5.41, 5.74) is 0. The van der Waals surface area contributed by atoms with Crippen molar-refractivity contribution >= 4 is 11.9 Å². The van der Waals surface area contributed by atoms with E-state index in [1.165, 1.54) is 0 Å². The zero-order valence-corrected chi connectivity index (χ0v) is 11.8. The number of hydrogen-bond donors (Lipinski definition) is 2. The lowest BCUT2D eigenvalue weighted by molar-refractivity contribution is -0.160. The molecule has 6 nitrogen and oxygen atoms in total. The van der Waals surface area contributed by atoms with Crippen LogP contribution in [0.1, 0.15) is 46.5 Å². The average molecular weight is 276 g/mol. The highest BCUT2D eigenvalue weighted by atomic mass is 16.6. The monoisotopic (exact) mass is 276 g/mol. The van der Waals surface area contributed by atoms with Gasteiger partial charge in [-0.3, -0.25) is 9.59 Å². The van der Waals surface area contributed by atoms with Crippen LogP contribution in [0, 0.1) is 0 Å². The maximum absolute atomic E-state index is 11.3. The fourth-order valence-electron chi connectivity index (χ4n) is 1.25. The van der Waals surface area contributed by atoms with E-state index in [0.717, 1.165) is 0 Å². The molecule has 0 aromatic heterocycles. The van der Waals surface area contributed by atoms with Gasteiger partial charge >= 0.3 is 11.9 Å². The molecule has 0 aromatic rings. The molecule has 0 saturated carbocycles. The Labute approximate surface area is 113 Å². The third-order valence-corrected chi connectivity index (χ3v) is 2.56. The molecule has 0 rings (SSSR count). The number of aliphatic hydroxyl groups excluding tert-OH is 2. The Morgan fingerprint density at radius 1 is 1.00 bits per heavy atom. The van der Waals surface area contributed by atoms with E-state index in [4.69, 9.17) is 9.47 Å². The van der Waals surface area contributed by atoms with Gasteiger partial charge in [-0.2, -0.15) is 0 Å². The van der Waals surface area contributed by atoms with E-state index in [1.54, 1.807) is 20.8 Å². The third-order valence-electron chi connectivity index (χ3n) is 2.56. The Balaban J connectivity index is 3.83. The van der Waals surface area contributed by atoms with Crippen LogP contribution < -0.4 is 0 Å². The molecule has 0 fully saturated rings. The van der Waals surface area contributed by atoms with Crippen molar-refractivity contribution in [1.82, 2.24) is 0 Å². The summed E-state index contributed by atoms with van der Waals surface area (Å²) in [5.74, 6) is -1.04. The fourth-order valence-corrected chi connectivity index (χ4v) is 1.25. The molecule has 0 bridgehead atoms. The van der Waals surface area contributed by atoms with E-state index in [0.29, 0.717) is 12.8 Å². The molecule has 112 valence electrons. The largest absolute Gasteiger partial charge is 0.462 e. The zero-order chi connectivity index (χ0) is 14.8. The minimum Gasteiger partial charge on any atom is -0.462 e. The molecule has 0 radical (unpaired) electrons. The van der Waals surface area contributed by atoms with Crippen molar-refractivity contribution < 1.29 is 29.3 Å². The van der Waals surface area contributed by atoms with Crippen LogP contribution in [-0.2, 0) is 19.1 Å². The molecular weight excluding hydrogens is 252 g/mol. The second-order valence-electron chi connectivity index (χ2n) is 4.52. The van der Waals surface area contributed by atoms with Gasteiger partial charge in [-0.05, 0) is 19.8 Å². The first kappa shape index (κ1) is 17.9. The Kier molecular flexibility index (Phi) is 9.16. The summed E-state index contributed by atoms with van der Waals surface area (Å²) in [6.45, 7) is 5.08.